The Bertz CT molecular complexity index is 550. The molecule has 0 saturated heterocycles. The molecule has 0 aliphatic carbocycles. The molecule has 6 heteroatoms. The average molecular weight is 322 g/mol. The number of hydrogen-bond acceptors (Lipinski definition) is 4. The number of hydrogen-bond donors (Lipinski definition) is 2. The van der Waals surface area contributed by atoms with E-state index in [9.17, 15) is 9.59 Å². The van der Waals surface area contributed by atoms with Crippen LogP contribution in [0.15, 0.2) is 18.2 Å². The number of carbonyl (C=O) groups excluding carboxylic acids is 2. The summed E-state index contributed by atoms with van der Waals surface area (Å²) in [7, 11) is 0. The molecule has 2 amide bonds. The molecular formula is C17H26N2O4. The van der Waals surface area contributed by atoms with Crippen molar-refractivity contribution in [2.24, 2.45) is 0 Å². The molecule has 0 radical (unpaired) electrons. The van der Waals surface area contributed by atoms with Gasteiger partial charge in [-0.2, -0.15) is 0 Å². The molecular weight excluding hydrogens is 296 g/mol. The van der Waals surface area contributed by atoms with Crippen LogP contribution in [0.4, 0.5) is 10.5 Å². The van der Waals surface area contributed by atoms with Gasteiger partial charge in [-0.3, -0.25) is 10.1 Å². The van der Waals surface area contributed by atoms with Gasteiger partial charge in [0.1, 0.15) is 5.75 Å². The van der Waals surface area contributed by atoms with Crippen molar-refractivity contribution in [2.75, 3.05) is 18.5 Å². The topological polar surface area (TPSA) is 76.7 Å². The summed E-state index contributed by atoms with van der Waals surface area (Å²) in [6.07, 6.45) is 0.134. The highest BCUT2D eigenvalue weighted by molar-refractivity contribution is 6.03. The Hall–Kier alpha value is -2.24. The molecule has 0 bridgehead atoms. The molecule has 0 saturated carbocycles. The summed E-state index contributed by atoms with van der Waals surface area (Å²) in [6.45, 7) is 10.3. The Labute approximate surface area is 137 Å². The summed E-state index contributed by atoms with van der Waals surface area (Å²) in [4.78, 5) is 24.2. The van der Waals surface area contributed by atoms with E-state index in [-0.39, 0.29) is 11.4 Å². The molecule has 0 aromatic heterocycles. The smallest absolute Gasteiger partial charge is 0.411 e. The van der Waals surface area contributed by atoms with Crippen molar-refractivity contribution in [1.29, 1.82) is 0 Å². The van der Waals surface area contributed by atoms with Crippen LogP contribution in [0.5, 0.6) is 5.75 Å². The summed E-state index contributed by atoms with van der Waals surface area (Å²) < 4.78 is 10.4. The standard InChI is InChI=1S/C17H26N2O4/c1-6-10-23-16(21)18-14-11-12(22-7-2)8-9-13(14)15(20)19-17(3,4)5/h8-9,11H,6-7,10H2,1-5H3,(H,18,21)(H,19,20). The first-order chi connectivity index (χ1) is 10.8. The molecule has 2 N–H and O–H groups in total. The first-order valence-electron chi connectivity index (χ1n) is 7.80. The minimum absolute atomic E-state index is 0.272. The van der Waals surface area contributed by atoms with Crippen molar-refractivity contribution in [3.05, 3.63) is 23.8 Å². The molecule has 0 atom stereocenters. The first-order valence-corrected chi connectivity index (χ1v) is 7.80. The van der Waals surface area contributed by atoms with Crippen molar-refractivity contribution in [3.8, 4) is 5.75 Å². The molecule has 1 rings (SSSR count). The normalized spacial score (nSPS) is 10.8. The lowest BCUT2D eigenvalue weighted by Gasteiger charge is -2.22. The Balaban J connectivity index is 3.03. The van der Waals surface area contributed by atoms with Gasteiger partial charge in [0.05, 0.1) is 24.5 Å². The van der Waals surface area contributed by atoms with Gasteiger partial charge in [0, 0.05) is 11.6 Å². The Kier molecular flexibility index (Phi) is 6.88. The first kappa shape index (κ1) is 18.8. The fourth-order valence-corrected chi connectivity index (χ4v) is 1.83. The fourth-order valence-electron chi connectivity index (χ4n) is 1.83. The highest BCUT2D eigenvalue weighted by Gasteiger charge is 2.19. The van der Waals surface area contributed by atoms with Gasteiger partial charge in [0.25, 0.3) is 5.91 Å². The van der Waals surface area contributed by atoms with Crippen LogP contribution in [0, 0.1) is 0 Å². The molecule has 0 aliphatic rings. The second kappa shape index (κ2) is 8.41. The van der Waals surface area contributed by atoms with Crippen molar-refractivity contribution in [1.82, 2.24) is 5.32 Å². The van der Waals surface area contributed by atoms with Gasteiger partial charge in [0.15, 0.2) is 0 Å². The van der Waals surface area contributed by atoms with E-state index >= 15 is 0 Å². The predicted molar refractivity (Wildman–Crippen MR) is 90.1 cm³/mol. The number of anilines is 1. The van der Waals surface area contributed by atoms with Gasteiger partial charge in [-0.1, -0.05) is 6.92 Å². The molecule has 1 aromatic carbocycles. The van der Waals surface area contributed by atoms with E-state index in [2.05, 4.69) is 10.6 Å². The number of carbonyl (C=O) groups is 2. The summed E-state index contributed by atoms with van der Waals surface area (Å²) in [5.41, 5.74) is 0.339. The van der Waals surface area contributed by atoms with E-state index in [0.29, 0.717) is 30.2 Å². The lowest BCUT2D eigenvalue weighted by molar-refractivity contribution is 0.0920. The maximum Gasteiger partial charge on any atom is 0.411 e. The average Bonchev–Trinajstić information content (AvgIpc) is 2.43. The van der Waals surface area contributed by atoms with E-state index in [1.807, 2.05) is 34.6 Å². The van der Waals surface area contributed by atoms with Crippen LogP contribution in [0.3, 0.4) is 0 Å². The molecule has 1 aromatic rings. The van der Waals surface area contributed by atoms with Crippen molar-refractivity contribution >= 4 is 17.7 Å². The van der Waals surface area contributed by atoms with Gasteiger partial charge >= 0.3 is 6.09 Å². The molecule has 23 heavy (non-hydrogen) atoms. The largest absolute Gasteiger partial charge is 0.494 e. The lowest BCUT2D eigenvalue weighted by atomic mass is 10.1. The quantitative estimate of drug-likeness (QED) is 0.839. The molecule has 0 fully saturated rings. The van der Waals surface area contributed by atoms with Crippen LogP contribution in [0.25, 0.3) is 0 Å². The van der Waals surface area contributed by atoms with Gasteiger partial charge in [0.2, 0.25) is 0 Å². The number of ether oxygens (including phenoxy) is 2. The van der Waals surface area contributed by atoms with Crippen molar-refractivity contribution in [3.63, 3.8) is 0 Å². The van der Waals surface area contributed by atoms with E-state index < -0.39 is 6.09 Å². The molecule has 0 heterocycles. The Morgan fingerprint density at radius 1 is 1.17 bits per heavy atom. The van der Waals surface area contributed by atoms with Crippen LogP contribution in [0.2, 0.25) is 0 Å². The molecule has 6 nitrogen and oxygen atoms in total. The van der Waals surface area contributed by atoms with Gasteiger partial charge in [-0.15, -0.1) is 0 Å². The Morgan fingerprint density at radius 2 is 1.87 bits per heavy atom. The zero-order chi connectivity index (χ0) is 17.5. The lowest BCUT2D eigenvalue weighted by Crippen LogP contribution is -2.40. The highest BCUT2D eigenvalue weighted by atomic mass is 16.5. The van der Waals surface area contributed by atoms with Crippen LogP contribution in [0.1, 0.15) is 51.4 Å². The maximum absolute atomic E-state index is 12.4. The number of rotatable bonds is 6. The third-order valence-corrected chi connectivity index (χ3v) is 2.71. The van der Waals surface area contributed by atoms with Gasteiger partial charge in [-0.25, -0.2) is 4.79 Å². The van der Waals surface area contributed by atoms with E-state index in [1.165, 1.54) is 0 Å². The van der Waals surface area contributed by atoms with Crippen LogP contribution >= 0.6 is 0 Å². The van der Waals surface area contributed by atoms with Crippen LogP contribution < -0.4 is 15.4 Å². The zero-order valence-electron chi connectivity index (χ0n) is 14.5. The maximum atomic E-state index is 12.4. The number of nitrogens with one attached hydrogen (secondary N) is 2. The van der Waals surface area contributed by atoms with Gasteiger partial charge in [-0.05, 0) is 46.2 Å². The Morgan fingerprint density at radius 3 is 2.43 bits per heavy atom. The number of amides is 2. The summed E-state index contributed by atoms with van der Waals surface area (Å²) in [5.74, 6) is 0.303. The van der Waals surface area contributed by atoms with E-state index in [4.69, 9.17) is 9.47 Å². The predicted octanol–water partition coefficient (Wildman–Crippen LogP) is 3.57. The third-order valence-electron chi connectivity index (χ3n) is 2.71. The molecule has 128 valence electrons. The summed E-state index contributed by atoms with van der Waals surface area (Å²) >= 11 is 0. The van der Waals surface area contributed by atoms with E-state index in [0.717, 1.165) is 6.42 Å². The third kappa shape index (κ3) is 6.59. The number of benzene rings is 1. The second-order valence-corrected chi connectivity index (χ2v) is 6.11. The fraction of sp³-hybridized carbons (Fsp3) is 0.529. The molecule has 0 spiro atoms. The van der Waals surface area contributed by atoms with E-state index in [1.54, 1.807) is 18.2 Å². The van der Waals surface area contributed by atoms with Crippen molar-refractivity contribution in [2.45, 2.75) is 46.6 Å². The van der Waals surface area contributed by atoms with Crippen LogP contribution in [-0.4, -0.2) is 30.8 Å². The molecule has 0 aliphatic heterocycles. The minimum atomic E-state index is -0.592. The summed E-state index contributed by atoms with van der Waals surface area (Å²) in [5, 5.41) is 5.48. The monoisotopic (exact) mass is 322 g/mol. The SMILES string of the molecule is CCCOC(=O)Nc1cc(OCC)ccc1C(=O)NC(C)(C)C. The van der Waals surface area contributed by atoms with Crippen LogP contribution in [-0.2, 0) is 4.74 Å². The second-order valence-electron chi connectivity index (χ2n) is 6.11. The summed E-state index contributed by atoms with van der Waals surface area (Å²) in [6, 6.07) is 4.94. The highest BCUT2D eigenvalue weighted by Crippen LogP contribution is 2.24. The zero-order valence-corrected chi connectivity index (χ0v) is 14.5. The molecule has 0 unspecified atom stereocenters. The minimum Gasteiger partial charge on any atom is -0.494 e. The van der Waals surface area contributed by atoms with Crippen molar-refractivity contribution < 1.29 is 19.1 Å². The van der Waals surface area contributed by atoms with Gasteiger partial charge < -0.3 is 14.8 Å².